The van der Waals surface area contributed by atoms with Crippen molar-refractivity contribution in [3.63, 3.8) is 0 Å². The summed E-state index contributed by atoms with van der Waals surface area (Å²) in [6.45, 7) is 6.52. The van der Waals surface area contributed by atoms with Crippen molar-refractivity contribution in [3.05, 3.63) is 17.0 Å². The molecule has 0 bridgehead atoms. The predicted octanol–water partition coefficient (Wildman–Crippen LogP) is 2.46. The first-order valence-corrected chi connectivity index (χ1v) is 9.66. The highest BCUT2D eigenvalue weighted by molar-refractivity contribution is 7.91. The molecule has 0 unspecified atom stereocenters. The van der Waals surface area contributed by atoms with Gasteiger partial charge in [0, 0.05) is 17.5 Å². The summed E-state index contributed by atoms with van der Waals surface area (Å²) in [6.07, 6.45) is 3.56. The molecule has 20 heavy (non-hydrogen) atoms. The molecule has 114 valence electrons. The van der Waals surface area contributed by atoms with E-state index in [-0.39, 0.29) is 6.04 Å². The van der Waals surface area contributed by atoms with Crippen LogP contribution in [0.1, 0.15) is 38.0 Å². The minimum Gasteiger partial charge on any atom is -0.317 e. The van der Waals surface area contributed by atoms with Crippen LogP contribution in [0.5, 0.6) is 0 Å². The number of piperidine rings is 1. The summed E-state index contributed by atoms with van der Waals surface area (Å²) in [5, 5.41) is 3.30. The van der Waals surface area contributed by atoms with Crippen LogP contribution in [0, 0.1) is 0 Å². The molecule has 1 saturated heterocycles. The van der Waals surface area contributed by atoms with Gasteiger partial charge in [-0.3, -0.25) is 0 Å². The van der Waals surface area contributed by atoms with Gasteiger partial charge in [0.15, 0.2) is 0 Å². The second kappa shape index (κ2) is 7.02. The van der Waals surface area contributed by atoms with Crippen LogP contribution in [0.15, 0.2) is 16.3 Å². The molecule has 1 aliphatic heterocycles. The van der Waals surface area contributed by atoms with Gasteiger partial charge in [-0.25, -0.2) is 8.42 Å². The number of sulfonamides is 1. The van der Waals surface area contributed by atoms with Gasteiger partial charge in [0.25, 0.3) is 10.0 Å². The van der Waals surface area contributed by atoms with E-state index in [0.29, 0.717) is 10.8 Å². The number of rotatable bonds is 6. The molecule has 1 N–H and O–H groups in total. The Bertz CT molecular complexity index is 519. The first kappa shape index (κ1) is 15.9. The maximum absolute atomic E-state index is 12.9. The fourth-order valence-electron chi connectivity index (χ4n) is 2.62. The van der Waals surface area contributed by atoms with Crippen molar-refractivity contribution < 1.29 is 8.42 Å². The molecule has 6 heteroatoms. The van der Waals surface area contributed by atoms with Crippen LogP contribution < -0.4 is 5.32 Å². The van der Waals surface area contributed by atoms with E-state index in [4.69, 9.17) is 0 Å². The molecule has 0 saturated carbocycles. The molecule has 0 radical (unpaired) electrons. The van der Waals surface area contributed by atoms with Gasteiger partial charge in [-0.1, -0.05) is 13.8 Å². The van der Waals surface area contributed by atoms with Gasteiger partial charge in [0.05, 0.1) is 0 Å². The van der Waals surface area contributed by atoms with Crippen LogP contribution in [-0.2, 0) is 16.4 Å². The van der Waals surface area contributed by atoms with Crippen molar-refractivity contribution in [1.29, 1.82) is 0 Å². The highest BCUT2D eigenvalue weighted by Gasteiger charge is 2.32. The Morgan fingerprint density at radius 2 is 2.00 bits per heavy atom. The molecule has 4 nitrogen and oxygen atoms in total. The summed E-state index contributed by atoms with van der Waals surface area (Å²) < 4.78 is 28.0. The second-order valence-electron chi connectivity index (χ2n) is 5.17. The molecule has 1 fully saturated rings. The summed E-state index contributed by atoms with van der Waals surface area (Å²) in [6, 6.07) is 3.85. The zero-order chi connectivity index (χ0) is 14.6. The van der Waals surface area contributed by atoms with E-state index >= 15 is 0 Å². The smallest absolute Gasteiger partial charge is 0.252 e. The fourth-order valence-corrected chi connectivity index (χ4v) is 5.82. The summed E-state index contributed by atoms with van der Waals surface area (Å²) in [7, 11) is -3.33. The zero-order valence-electron chi connectivity index (χ0n) is 12.3. The van der Waals surface area contributed by atoms with E-state index in [2.05, 4.69) is 12.2 Å². The lowest BCUT2D eigenvalue weighted by Crippen LogP contribution is -2.46. The maximum atomic E-state index is 12.9. The quantitative estimate of drug-likeness (QED) is 0.877. The number of nitrogens with one attached hydrogen (secondary N) is 1. The number of hydrogen-bond donors (Lipinski definition) is 1. The van der Waals surface area contributed by atoms with E-state index in [9.17, 15) is 8.42 Å². The van der Waals surface area contributed by atoms with Crippen LogP contribution >= 0.6 is 11.3 Å². The average molecular weight is 316 g/mol. The second-order valence-corrected chi connectivity index (χ2v) is 8.46. The van der Waals surface area contributed by atoms with Gasteiger partial charge >= 0.3 is 0 Å². The monoisotopic (exact) mass is 316 g/mol. The minimum absolute atomic E-state index is 0.147. The third-order valence-electron chi connectivity index (χ3n) is 3.71. The van der Waals surface area contributed by atoms with Gasteiger partial charge in [-0.2, -0.15) is 4.31 Å². The molecule has 2 heterocycles. The Labute approximate surface area is 126 Å². The molecule has 0 aromatic carbocycles. The Balaban J connectivity index is 2.26. The largest absolute Gasteiger partial charge is 0.317 e. The summed E-state index contributed by atoms with van der Waals surface area (Å²) in [5.74, 6) is 0. The van der Waals surface area contributed by atoms with Crippen LogP contribution in [0.25, 0.3) is 0 Å². The third-order valence-corrected chi connectivity index (χ3v) is 7.36. The summed E-state index contributed by atoms with van der Waals surface area (Å²) >= 11 is 1.41. The van der Waals surface area contributed by atoms with Gasteiger partial charge in [0.2, 0.25) is 0 Å². The van der Waals surface area contributed by atoms with Crippen molar-refractivity contribution in [1.82, 2.24) is 9.62 Å². The van der Waals surface area contributed by atoms with Gasteiger partial charge in [0.1, 0.15) is 4.21 Å². The molecule has 1 aromatic rings. The first-order chi connectivity index (χ1) is 9.59. The topological polar surface area (TPSA) is 49.4 Å². The standard InChI is InChI=1S/C14H24N2O2S2/c1-3-11-16(12-7-9-15-10-8-12)20(17,18)14-6-5-13(4-2)19-14/h5-6,12,15H,3-4,7-11H2,1-2H3. The molecular formula is C14H24N2O2S2. The van der Waals surface area contributed by atoms with Crippen molar-refractivity contribution in [2.24, 2.45) is 0 Å². The molecule has 2 rings (SSSR count). The van der Waals surface area contributed by atoms with Crippen LogP contribution in [0.3, 0.4) is 0 Å². The summed E-state index contributed by atoms with van der Waals surface area (Å²) in [5.41, 5.74) is 0. The fraction of sp³-hybridized carbons (Fsp3) is 0.714. The van der Waals surface area contributed by atoms with E-state index in [1.165, 1.54) is 11.3 Å². The van der Waals surface area contributed by atoms with Crippen LogP contribution in [0.4, 0.5) is 0 Å². The lowest BCUT2D eigenvalue weighted by molar-refractivity contribution is 0.263. The van der Waals surface area contributed by atoms with Crippen LogP contribution in [-0.4, -0.2) is 38.4 Å². The van der Waals surface area contributed by atoms with Crippen molar-refractivity contribution in [2.45, 2.75) is 49.8 Å². The Morgan fingerprint density at radius 1 is 1.30 bits per heavy atom. The summed E-state index contributed by atoms with van der Waals surface area (Å²) in [4.78, 5) is 1.13. The van der Waals surface area contributed by atoms with E-state index in [0.717, 1.165) is 43.6 Å². The van der Waals surface area contributed by atoms with Crippen molar-refractivity contribution in [2.75, 3.05) is 19.6 Å². The molecule has 0 atom stereocenters. The SMILES string of the molecule is CCCN(C1CCNCC1)S(=O)(=O)c1ccc(CC)s1. The lowest BCUT2D eigenvalue weighted by atomic mass is 10.1. The lowest BCUT2D eigenvalue weighted by Gasteiger charge is -2.33. The normalized spacial score (nSPS) is 17.8. The van der Waals surface area contributed by atoms with E-state index in [1.807, 2.05) is 13.0 Å². The number of hydrogen-bond acceptors (Lipinski definition) is 4. The van der Waals surface area contributed by atoms with Crippen LogP contribution in [0.2, 0.25) is 0 Å². The molecule has 0 amide bonds. The first-order valence-electron chi connectivity index (χ1n) is 7.40. The van der Waals surface area contributed by atoms with Gasteiger partial charge < -0.3 is 5.32 Å². The Hall–Kier alpha value is -0.430. The Morgan fingerprint density at radius 3 is 2.55 bits per heavy atom. The molecule has 0 aliphatic carbocycles. The maximum Gasteiger partial charge on any atom is 0.252 e. The highest BCUT2D eigenvalue weighted by Crippen LogP contribution is 2.28. The molecule has 1 aliphatic rings. The van der Waals surface area contributed by atoms with Gasteiger partial charge in [-0.05, 0) is 50.9 Å². The molecule has 1 aromatic heterocycles. The zero-order valence-corrected chi connectivity index (χ0v) is 13.9. The number of nitrogens with zero attached hydrogens (tertiary/aromatic N) is 1. The minimum atomic E-state index is -3.33. The average Bonchev–Trinajstić information content (AvgIpc) is 2.95. The van der Waals surface area contributed by atoms with Gasteiger partial charge in [-0.15, -0.1) is 11.3 Å². The van der Waals surface area contributed by atoms with E-state index < -0.39 is 10.0 Å². The number of aryl methyl sites for hydroxylation is 1. The molecule has 0 spiro atoms. The van der Waals surface area contributed by atoms with E-state index in [1.54, 1.807) is 10.4 Å². The number of thiophene rings is 1. The highest BCUT2D eigenvalue weighted by atomic mass is 32.2. The predicted molar refractivity (Wildman–Crippen MR) is 83.8 cm³/mol. The Kier molecular flexibility index (Phi) is 5.60. The van der Waals surface area contributed by atoms with Crippen molar-refractivity contribution >= 4 is 21.4 Å². The molecular weight excluding hydrogens is 292 g/mol. The van der Waals surface area contributed by atoms with Crippen molar-refractivity contribution in [3.8, 4) is 0 Å². The third kappa shape index (κ3) is 3.42.